The summed E-state index contributed by atoms with van der Waals surface area (Å²) >= 11 is 12.4. The molecule has 0 unspecified atom stereocenters. The Bertz CT molecular complexity index is 1190. The van der Waals surface area contributed by atoms with Gasteiger partial charge >= 0.3 is 5.97 Å². The van der Waals surface area contributed by atoms with Gasteiger partial charge in [0.15, 0.2) is 0 Å². The molecule has 4 aromatic rings. The predicted octanol–water partition coefficient (Wildman–Crippen LogP) is 6.21. The second-order valence-electron chi connectivity index (χ2n) is 6.68. The molecular weight excluding hydrogens is 435 g/mol. The van der Waals surface area contributed by atoms with E-state index in [1.807, 2.05) is 54.6 Å². The van der Waals surface area contributed by atoms with Crippen LogP contribution in [0.2, 0.25) is 10.0 Å². The lowest BCUT2D eigenvalue weighted by Gasteiger charge is -2.08. The summed E-state index contributed by atoms with van der Waals surface area (Å²) in [7, 11) is 1.60. The Balaban J connectivity index is 1.69. The number of esters is 1. The molecule has 0 saturated heterocycles. The summed E-state index contributed by atoms with van der Waals surface area (Å²) < 4.78 is 12.4. The molecule has 0 radical (unpaired) electrons. The van der Waals surface area contributed by atoms with Gasteiger partial charge in [-0.15, -0.1) is 0 Å². The minimum absolute atomic E-state index is 0.0457. The van der Waals surface area contributed by atoms with Crippen LogP contribution in [0.5, 0.6) is 5.75 Å². The number of halogens is 2. The van der Waals surface area contributed by atoms with Crippen LogP contribution in [0, 0.1) is 0 Å². The maximum absolute atomic E-state index is 13.0. The standard InChI is InChI=1S/C24H18Cl2N2O3/c1-30-18-12-10-16(11-13-18)23-19(14-28(27-23)17-6-3-2-4-7-17)24(29)31-15-20-21(25)8-5-9-22(20)26/h2-14H,15H2,1H3. The molecule has 5 nitrogen and oxygen atoms in total. The molecule has 31 heavy (non-hydrogen) atoms. The van der Waals surface area contributed by atoms with Crippen LogP contribution >= 0.6 is 23.2 Å². The molecule has 0 amide bonds. The number of aromatic nitrogens is 2. The second kappa shape index (κ2) is 9.25. The molecule has 0 fully saturated rings. The van der Waals surface area contributed by atoms with Crippen molar-refractivity contribution in [2.75, 3.05) is 7.11 Å². The Morgan fingerprint density at radius 1 is 0.935 bits per heavy atom. The number of methoxy groups -OCH3 is 1. The quantitative estimate of drug-likeness (QED) is 0.326. The van der Waals surface area contributed by atoms with Gasteiger partial charge in [0.2, 0.25) is 0 Å². The van der Waals surface area contributed by atoms with Crippen molar-refractivity contribution in [2.24, 2.45) is 0 Å². The Morgan fingerprint density at radius 3 is 2.26 bits per heavy atom. The number of carbonyl (C=O) groups is 1. The van der Waals surface area contributed by atoms with Crippen LogP contribution in [0.15, 0.2) is 79.0 Å². The summed E-state index contributed by atoms with van der Waals surface area (Å²) in [6.07, 6.45) is 1.66. The smallest absolute Gasteiger partial charge is 0.342 e. The van der Waals surface area contributed by atoms with Gasteiger partial charge in [-0.25, -0.2) is 9.48 Å². The summed E-state index contributed by atoms with van der Waals surface area (Å²) in [5.41, 5.74) is 2.98. The van der Waals surface area contributed by atoms with E-state index in [9.17, 15) is 4.79 Å². The highest BCUT2D eigenvalue weighted by molar-refractivity contribution is 6.35. The van der Waals surface area contributed by atoms with Crippen LogP contribution < -0.4 is 4.74 Å². The normalized spacial score (nSPS) is 10.7. The van der Waals surface area contributed by atoms with E-state index in [4.69, 9.17) is 32.7 Å². The third-order valence-corrected chi connectivity index (χ3v) is 5.44. The van der Waals surface area contributed by atoms with E-state index in [1.165, 1.54) is 0 Å². The van der Waals surface area contributed by atoms with Crippen LogP contribution in [0.3, 0.4) is 0 Å². The van der Waals surface area contributed by atoms with E-state index in [2.05, 4.69) is 5.10 Å². The van der Waals surface area contributed by atoms with Gasteiger partial charge in [-0.2, -0.15) is 5.10 Å². The van der Waals surface area contributed by atoms with Crippen LogP contribution in [0.4, 0.5) is 0 Å². The number of hydrogen-bond donors (Lipinski definition) is 0. The van der Waals surface area contributed by atoms with Crippen molar-refractivity contribution in [1.29, 1.82) is 0 Å². The molecule has 1 heterocycles. The third kappa shape index (κ3) is 4.58. The summed E-state index contributed by atoms with van der Waals surface area (Å²) in [4.78, 5) is 13.0. The van der Waals surface area contributed by atoms with Crippen LogP contribution in [0.25, 0.3) is 16.9 Å². The van der Waals surface area contributed by atoms with Gasteiger partial charge in [0.25, 0.3) is 0 Å². The first-order valence-corrected chi connectivity index (χ1v) is 10.2. The first kappa shape index (κ1) is 21.0. The van der Waals surface area contributed by atoms with Gasteiger partial charge in [-0.05, 0) is 48.5 Å². The highest BCUT2D eigenvalue weighted by Crippen LogP contribution is 2.28. The fraction of sp³-hybridized carbons (Fsp3) is 0.0833. The van der Waals surface area contributed by atoms with Crippen molar-refractivity contribution in [2.45, 2.75) is 6.61 Å². The molecule has 0 spiro atoms. The zero-order valence-electron chi connectivity index (χ0n) is 16.6. The van der Waals surface area contributed by atoms with Crippen molar-refractivity contribution in [1.82, 2.24) is 9.78 Å². The number of carbonyl (C=O) groups excluding carboxylic acids is 1. The van der Waals surface area contributed by atoms with Gasteiger partial charge in [-0.1, -0.05) is 47.5 Å². The third-order valence-electron chi connectivity index (χ3n) is 4.73. The molecule has 0 saturated carbocycles. The summed E-state index contributed by atoms with van der Waals surface area (Å²) in [5.74, 6) is 0.188. The molecule has 0 bridgehead atoms. The van der Waals surface area contributed by atoms with Crippen LogP contribution in [-0.2, 0) is 11.3 Å². The first-order chi connectivity index (χ1) is 15.1. The predicted molar refractivity (Wildman–Crippen MR) is 121 cm³/mol. The van der Waals surface area contributed by atoms with E-state index >= 15 is 0 Å². The maximum Gasteiger partial charge on any atom is 0.342 e. The molecule has 3 aromatic carbocycles. The minimum atomic E-state index is -0.524. The van der Waals surface area contributed by atoms with Crippen molar-refractivity contribution >= 4 is 29.2 Å². The van der Waals surface area contributed by atoms with Crippen molar-refractivity contribution in [3.05, 3.63) is 100 Å². The van der Waals surface area contributed by atoms with Crippen molar-refractivity contribution in [3.63, 3.8) is 0 Å². The Morgan fingerprint density at radius 2 is 1.61 bits per heavy atom. The van der Waals surface area contributed by atoms with Gasteiger partial charge in [0.1, 0.15) is 23.6 Å². The monoisotopic (exact) mass is 452 g/mol. The molecule has 156 valence electrons. The van der Waals surface area contributed by atoms with Gasteiger partial charge in [0, 0.05) is 27.4 Å². The minimum Gasteiger partial charge on any atom is -0.497 e. The molecule has 4 rings (SSSR count). The summed E-state index contributed by atoms with van der Waals surface area (Å²) in [5, 5.41) is 5.52. The molecule has 0 aliphatic carbocycles. The molecule has 1 aromatic heterocycles. The fourth-order valence-corrected chi connectivity index (χ4v) is 3.59. The van der Waals surface area contributed by atoms with E-state index in [0.717, 1.165) is 11.3 Å². The fourth-order valence-electron chi connectivity index (χ4n) is 3.08. The van der Waals surface area contributed by atoms with Gasteiger partial charge in [0.05, 0.1) is 12.8 Å². The largest absolute Gasteiger partial charge is 0.497 e. The number of benzene rings is 3. The zero-order valence-corrected chi connectivity index (χ0v) is 18.1. The van der Waals surface area contributed by atoms with Gasteiger partial charge < -0.3 is 9.47 Å². The Hall–Kier alpha value is -3.28. The SMILES string of the molecule is COc1ccc(-c2nn(-c3ccccc3)cc2C(=O)OCc2c(Cl)cccc2Cl)cc1. The van der Waals surface area contributed by atoms with E-state index in [0.29, 0.717) is 32.6 Å². The second-order valence-corrected chi connectivity index (χ2v) is 7.49. The molecule has 0 atom stereocenters. The number of hydrogen-bond acceptors (Lipinski definition) is 4. The molecule has 0 N–H and O–H groups in total. The maximum atomic E-state index is 13.0. The topological polar surface area (TPSA) is 53.4 Å². The molecule has 7 heteroatoms. The lowest BCUT2D eigenvalue weighted by molar-refractivity contribution is 0.0474. The molecular formula is C24H18Cl2N2O3. The highest BCUT2D eigenvalue weighted by Gasteiger charge is 2.21. The first-order valence-electron chi connectivity index (χ1n) is 9.46. The Kier molecular flexibility index (Phi) is 6.26. The highest BCUT2D eigenvalue weighted by atomic mass is 35.5. The Labute approximate surface area is 189 Å². The molecule has 0 aliphatic heterocycles. The van der Waals surface area contributed by atoms with Crippen LogP contribution in [-0.4, -0.2) is 22.9 Å². The summed E-state index contributed by atoms with van der Waals surface area (Å²) in [6, 6.07) is 22.0. The lowest BCUT2D eigenvalue weighted by atomic mass is 10.1. The van der Waals surface area contributed by atoms with Crippen LogP contribution in [0.1, 0.15) is 15.9 Å². The lowest BCUT2D eigenvalue weighted by Crippen LogP contribution is -2.06. The number of ether oxygens (including phenoxy) is 2. The number of rotatable bonds is 6. The molecule has 0 aliphatic rings. The average Bonchev–Trinajstić information content (AvgIpc) is 3.25. The van der Waals surface area contributed by atoms with Gasteiger partial charge in [-0.3, -0.25) is 0 Å². The number of para-hydroxylation sites is 1. The van der Waals surface area contributed by atoms with E-state index in [-0.39, 0.29) is 6.61 Å². The van der Waals surface area contributed by atoms with Crippen molar-refractivity contribution < 1.29 is 14.3 Å². The van der Waals surface area contributed by atoms with E-state index < -0.39 is 5.97 Å². The zero-order chi connectivity index (χ0) is 21.8. The van der Waals surface area contributed by atoms with E-state index in [1.54, 1.807) is 36.2 Å². The summed E-state index contributed by atoms with van der Waals surface area (Å²) in [6.45, 7) is -0.0457. The average molecular weight is 453 g/mol. The number of nitrogens with zero attached hydrogens (tertiary/aromatic N) is 2. The van der Waals surface area contributed by atoms with Crippen molar-refractivity contribution in [3.8, 4) is 22.7 Å².